The summed E-state index contributed by atoms with van der Waals surface area (Å²) in [5.74, 6) is 0.0706. The lowest BCUT2D eigenvalue weighted by molar-refractivity contribution is -0.117. The Morgan fingerprint density at radius 1 is 0.920 bits per heavy atom. The molecule has 1 saturated heterocycles. The number of aryl methyl sites for hydroxylation is 2. The van der Waals surface area contributed by atoms with Gasteiger partial charge in [-0.25, -0.2) is 0 Å². The minimum atomic E-state index is 0.0706. The number of nitrogens with zero attached hydrogens (tertiary/aromatic N) is 2. The lowest BCUT2D eigenvalue weighted by Gasteiger charge is -2.34. The molecule has 1 N–H and O–H groups in total. The molecular formula is C21H27N3O. The Labute approximate surface area is 150 Å². The highest BCUT2D eigenvalue weighted by Crippen LogP contribution is 2.14. The van der Waals surface area contributed by atoms with Crippen LogP contribution in [0.5, 0.6) is 0 Å². The Morgan fingerprint density at radius 2 is 1.56 bits per heavy atom. The van der Waals surface area contributed by atoms with E-state index in [1.807, 2.05) is 31.2 Å². The second-order valence-corrected chi connectivity index (χ2v) is 6.90. The fraction of sp³-hybridized carbons (Fsp3) is 0.381. The Morgan fingerprint density at radius 3 is 2.24 bits per heavy atom. The zero-order chi connectivity index (χ0) is 17.6. The van der Waals surface area contributed by atoms with Gasteiger partial charge in [-0.1, -0.05) is 48.0 Å². The highest BCUT2D eigenvalue weighted by Gasteiger charge is 2.19. The van der Waals surface area contributed by atoms with Crippen LogP contribution in [-0.2, 0) is 11.3 Å². The van der Waals surface area contributed by atoms with Gasteiger partial charge in [0.25, 0.3) is 0 Å². The van der Waals surface area contributed by atoms with E-state index in [4.69, 9.17) is 0 Å². The van der Waals surface area contributed by atoms with Crippen molar-refractivity contribution in [3.05, 3.63) is 65.2 Å². The highest BCUT2D eigenvalue weighted by molar-refractivity contribution is 5.92. The normalized spacial score (nSPS) is 15.9. The second kappa shape index (κ2) is 8.28. The van der Waals surface area contributed by atoms with Crippen molar-refractivity contribution < 1.29 is 4.79 Å². The summed E-state index contributed by atoms with van der Waals surface area (Å²) < 4.78 is 0. The van der Waals surface area contributed by atoms with Crippen molar-refractivity contribution in [3.63, 3.8) is 0 Å². The third-order valence-electron chi connectivity index (χ3n) is 4.78. The number of hydrogen-bond donors (Lipinski definition) is 1. The topological polar surface area (TPSA) is 35.6 Å². The predicted octanol–water partition coefficient (Wildman–Crippen LogP) is 3.06. The van der Waals surface area contributed by atoms with Gasteiger partial charge in [-0.2, -0.15) is 0 Å². The second-order valence-electron chi connectivity index (χ2n) is 6.90. The number of hydrogen-bond acceptors (Lipinski definition) is 3. The van der Waals surface area contributed by atoms with Gasteiger partial charge in [0.05, 0.1) is 6.54 Å². The molecule has 0 aliphatic carbocycles. The summed E-state index contributed by atoms with van der Waals surface area (Å²) in [6, 6.07) is 16.6. The van der Waals surface area contributed by atoms with E-state index >= 15 is 0 Å². The number of amides is 1. The third kappa shape index (κ3) is 5.15. The van der Waals surface area contributed by atoms with Gasteiger partial charge in [0.1, 0.15) is 0 Å². The largest absolute Gasteiger partial charge is 0.325 e. The maximum Gasteiger partial charge on any atom is 0.238 e. The van der Waals surface area contributed by atoms with Gasteiger partial charge in [-0.15, -0.1) is 0 Å². The average Bonchev–Trinajstić information content (AvgIpc) is 2.61. The van der Waals surface area contributed by atoms with Crippen molar-refractivity contribution in [1.29, 1.82) is 0 Å². The lowest BCUT2D eigenvalue weighted by Crippen LogP contribution is -2.48. The number of nitrogens with one attached hydrogen (secondary N) is 1. The van der Waals surface area contributed by atoms with Crippen molar-refractivity contribution in [2.45, 2.75) is 20.4 Å². The summed E-state index contributed by atoms with van der Waals surface area (Å²) in [7, 11) is 0. The number of carbonyl (C=O) groups excluding carboxylic acids is 1. The molecule has 4 nitrogen and oxygen atoms in total. The Bertz CT molecular complexity index is 703. The van der Waals surface area contributed by atoms with Crippen molar-refractivity contribution >= 4 is 11.6 Å². The monoisotopic (exact) mass is 337 g/mol. The van der Waals surface area contributed by atoms with Crippen LogP contribution in [-0.4, -0.2) is 48.4 Å². The highest BCUT2D eigenvalue weighted by atomic mass is 16.2. The van der Waals surface area contributed by atoms with Crippen LogP contribution in [0.3, 0.4) is 0 Å². The first-order valence-corrected chi connectivity index (χ1v) is 8.96. The molecule has 0 aromatic heterocycles. The standard InChI is InChI=1S/C21H27N3O/c1-17-7-9-19(10-8-17)15-23-11-13-24(14-12-23)16-21(25)22-20-6-4-3-5-18(20)2/h3-10H,11-16H2,1-2H3,(H,22,25). The zero-order valence-corrected chi connectivity index (χ0v) is 15.2. The molecule has 1 fully saturated rings. The van der Waals surface area contributed by atoms with E-state index in [9.17, 15) is 4.79 Å². The number of carbonyl (C=O) groups is 1. The van der Waals surface area contributed by atoms with Crippen LogP contribution in [0, 0.1) is 13.8 Å². The summed E-state index contributed by atoms with van der Waals surface area (Å²) in [5.41, 5.74) is 4.66. The lowest BCUT2D eigenvalue weighted by atomic mass is 10.1. The van der Waals surface area contributed by atoms with Gasteiger partial charge in [0.15, 0.2) is 0 Å². The zero-order valence-electron chi connectivity index (χ0n) is 15.2. The minimum absolute atomic E-state index is 0.0706. The van der Waals surface area contributed by atoms with Gasteiger partial charge < -0.3 is 5.32 Å². The van der Waals surface area contributed by atoms with Crippen LogP contribution in [0.15, 0.2) is 48.5 Å². The fourth-order valence-electron chi connectivity index (χ4n) is 3.16. The molecule has 2 aromatic rings. The molecule has 0 bridgehead atoms. The quantitative estimate of drug-likeness (QED) is 0.911. The molecule has 1 aliphatic heterocycles. The first-order valence-electron chi connectivity index (χ1n) is 8.96. The molecule has 3 rings (SSSR count). The molecule has 1 heterocycles. The van der Waals surface area contributed by atoms with Gasteiger partial charge in [0.2, 0.25) is 5.91 Å². The predicted molar refractivity (Wildman–Crippen MR) is 103 cm³/mol. The van der Waals surface area contributed by atoms with E-state index in [2.05, 4.69) is 46.3 Å². The summed E-state index contributed by atoms with van der Waals surface area (Å²) in [4.78, 5) is 17.0. The van der Waals surface area contributed by atoms with Crippen molar-refractivity contribution in [2.75, 3.05) is 38.0 Å². The van der Waals surface area contributed by atoms with Gasteiger partial charge in [-0.05, 0) is 31.0 Å². The van der Waals surface area contributed by atoms with Crippen LogP contribution in [0.1, 0.15) is 16.7 Å². The molecular weight excluding hydrogens is 310 g/mol. The SMILES string of the molecule is Cc1ccc(CN2CCN(CC(=O)Nc3ccccc3C)CC2)cc1. The average molecular weight is 337 g/mol. The Kier molecular flexibility index (Phi) is 5.84. The number of benzene rings is 2. The van der Waals surface area contributed by atoms with Crippen LogP contribution in [0.2, 0.25) is 0 Å². The maximum atomic E-state index is 12.3. The molecule has 4 heteroatoms. The summed E-state index contributed by atoms with van der Waals surface area (Å²) in [5, 5.41) is 3.02. The van der Waals surface area contributed by atoms with Gasteiger partial charge in [0, 0.05) is 38.4 Å². The van der Waals surface area contributed by atoms with Crippen LogP contribution < -0.4 is 5.32 Å². The van der Waals surface area contributed by atoms with Crippen LogP contribution in [0.25, 0.3) is 0 Å². The summed E-state index contributed by atoms with van der Waals surface area (Å²) in [6.07, 6.45) is 0. The first-order chi connectivity index (χ1) is 12.1. The van der Waals surface area contributed by atoms with Crippen LogP contribution in [0.4, 0.5) is 5.69 Å². The van der Waals surface area contributed by atoms with E-state index in [-0.39, 0.29) is 5.91 Å². The molecule has 0 unspecified atom stereocenters. The van der Waals surface area contributed by atoms with Crippen molar-refractivity contribution in [3.8, 4) is 0 Å². The molecule has 1 aliphatic rings. The smallest absolute Gasteiger partial charge is 0.238 e. The Balaban J connectivity index is 1.43. The van der Waals surface area contributed by atoms with Crippen LogP contribution >= 0.6 is 0 Å². The number of para-hydroxylation sites is 1. The third-order valence-corrected chi connectivity index (χ3v) is 4.78. The molecule has 0 spiro atoms. The van der Waals surface area contributed by atoms with Gasteiger partial charge in [-0.3, -0.25) is 14.6 Å². The van der Waals surface area contributed by atoms with Crippen molar-refractivity contribution in [1.82, 2.24) is 9.80 Å². The van der Waals surface area contributed by atoms with Crippen molar-refractivity contribution in [2.24, 2.45) is 0 Å². The number of rotatable bonds is 5. The summed E-state index contributed by atoms with van der Waals surface area (Å²) in [6.45, 7) is 9.47. The Hall–Kier alpha value is -2.17. The van der Waals surface area contributed by atoms with E-state index in [1.165, 1.54) is 11.1 Å². The van der Waals surface area contributed by atoms with E-state index in [1.54, 1.807) is 0 Å². The first kappa shape index (κ1) is 17.6. The molecule has 2 aromatic carbocycles. The van der Waals surface area contributed by atoms with E-state index < -0.39 is 0 Å². The van der Waals surface area contributed by atoms with Gasteiger partial charge >= 0.3 is 0 Å². The van der Waals surface area contributed by atoms with E-state index in [0.717, 1.165) is 44.0 Å². The summed E-state index contributed by atoms with van der Waals surface area (Å²) >= 11 is 0. The number of anilines is 1. The molecule has 0 saturated carbocycles. The molecule has 132 valence electrons. The number of piperazine rings is 1. The molecule has 0 radical (unpaired) electrons. The maximum absolute atomic E-state index is 12.3. The molecule has 1 amide bonds. The van der Waals surface area contributed by atoms with E-state index in [0.29, 0.717) is 6.54 Å². The minimum Gasteiger partial charge on any atom is -0.325 e. The molecule has 0 atom stereocenters. The fourth-order valence-corrected chi connectivity index (χ4v) is 3.16. The molecule has 25 heavy (non-hydrogen) atoms.